The Morgan fingerprint density at radius 3 is 1.71 bits per heavy atom. The minimum Gasteiger partial charge on any atom is -0.376 e. The van der Waals surface area contributed by atoms with Crippen LogP contribution >= 0.6 is 0 Å². The van der Waals surface area contributed by atoms with Gasteiger partial charge in [0.05, 0.1) is 0 Å². The van der Waals surface area contributed by atoms with Gasteiger partial charge in [0.15, 0.2) is 0 Å². The van der Waals surface area contributed by atoms with Gasteiger partial charge in [-0.2, -0.15) is 0 Å². The van der Waals surface area contributed by atoms with E-state index in [1.807, 2.05) is 78.9 Å². The Hall–Kier alpha value is -3.08. The fourth-order valence-corrected chi connectivity index (χ4v) is 4.51. The first-order valence-electron chi connectivity index (χ1n) is 8.97. The van der Waals surface area contributed by atoms with Crippen molar-refractivity contribution < 1.29 is 9.32 Å². The molecule has 3 aromatic carbocycles. The Labute approximate surface area is 166 Å². The van der Waals surface area contributed by atoms with Crippen LogP contribution in [-0.2, 0) is 16.4 Å². The second kappa shape index (κ2) is 7.89. The van der Waals surface area contributed by atoms with Gasteiger partial charge in [-0.1, -0.05) is 84.9 Å². The molecule has 1 N–H and O–H groups in total. The van der Waals surface area contributed by atoms with Gasteiger partial charge in [-0.05, 0) is 29.3 Å². The summed E-state index contributed by atoms with van der Waals surface area (Å²) in [5.74, 6) is 0. The zero-order valence-electron chi connectivity index (χ0n) is 15.1. The molecular formula is C24H19NO2S. The van der Waals surface area contributed by atoms with Crippen molar-refractivity contribution in [1.82, 2.24) is 4.98 Å². The Morgan fingerprint density at radius 1 is 0.679 bits per heavy atom. The van der Waals surface area contributed by atoms with Crippen LogP contribution in [0.1, 0.15) is 16.7 Å². The lowest BCUT2D eigenvalue weighted by Gasteiger charge is -2.31. The summed E-state index contributed by atoms with van der Waals surface area (Å²) in [4.78, 5) is 5.06. The molecule has 1 unspecified atom stereocenters. The fourth-order valence-electron chi connectivity index (χ4n) is 3.31. The maximum absolute atomic E-state index is 13.3. The van der Waals surface area contributed by atoms with Crippen LogP contribution < -0.4 is 0 Å². The van der Waals surface area contributed by atoms with Gasteiger partial charge in [0, 0.05) is 16.7 Å². The van der Waals surface area contributed by atoms with Gasteiger partial charge in [0.1, 0.15) is 21.4 Å². The lowest BCUT2D eigenvalue weighted by atomic mass is 9.81. The van der Waals surface area contributed by atoms with E-state index in [1.54, 1.807) is 30.5 Å². The summed E-state index contributed by atoms with van der Waals surface area (Å²) in [6.45, 7) is 0. The van der Waals surface area contributed by atoms with Crippen LogP contribution in [-0.4, -0.2) is 14.3 Å². The van der Waals surface area contributed by atoms with Gasteiger partial charge in [0.25, 0.3) is 0 Å². The smallest absolute Gasteiger partial charge is 0.143 e. The Balaban J connectivity index is 1.96. The molecular weight excluding hydrogens is 366 g/mol. The SMILES string of the molecule is O=S(c1ccccc1)c1ncccc1C(O)(c1ccccc1)c1ccccc1. The third-order valence-corrected chi connectivity index (χ3v) is 6.05. The largest absolute Gasteiger partial charge is 0.376 e. The average molecular weight is 385 g/mol. The second-order valence-corrected chi connectivity index (χ2v) is 7.78. The highest BCUT2D eigenvalue weighted by atomic mass is 32.2. The van der Waals surface area contributed by atoms with Crippen LogP contribution in [0.5, 0.6) is 0 Å². The molecule has 0 saturated carbocycles. The highest BCUT2D eigenvalue weighted by Gasteiger charge is 2.37. The zero-order chi connectivity index (χ0) is 19.4. The number of pyridine rings is 1. The molecule has 4 rings (SSSR count). The van der Waals surface area contributed by atoms with Gasteiger partial charge >= 0.3 is 0 Å². The molecule has 0 saturated heterocycles. The molecule has 0 aliphatic rings. The second-order valence-electron chi connectivity index (χ2n) is 6.38. The third kappa shape index (κ3) is 3.28. The van der Waals surface area contributed by atoms with Crippen molar-refractivity contribution in [2.75, 3.05) is 0 Å². The van der Waals surface area contributed by atoms with Crippen LogP contribution in [0.25, 0.3) is 0 Å². The monoisotopic (exact) mass is 385 g/mol. The summed E-state index contributed by atoms with van der Waals surface area (Å²) >= 11 is 0. The standard InChI is InChI=1S/C24H19NO2S/c26-24(19-11-4-1-5-12-19,20-13-6-2-7-14-20)22-17-10-18-25-23(22)28(27)21-15-8-3-9-16-21/h1-18,26H. The van der Waals surface area contributed by atoms with Crippen molar-refractivity contribution in [3.05, 3.63) is 126 Å². The van der Waals surface area contributed by atoms with Gasteiger partial charge in [0.2, 0.25) is 0 Å². The number of nitrogens with zero attached hydrogens (tertiary/aromatic N) is 1. The molecule has 0 fully saturated rings. The number of hydrogen-bond donors (Lipinski definition) is 1. The number of aliphatic hydroxyl groups is 1. The van der Waals surface area contributed by atoms with Gasteiger partial charge in [-0.3, -0.25) is 0 Å². The molecule has 4 heteroatoms. The van der Waals surface area contributed by atoms with Crippen LogP contribution in [0.4, 0.5) is 0 Å². The van der Waals surface area contributed by atoms with Gasteiger partial charge in [-0.25, -0.2) is 9.19 Å². The van der Waals surface area contributed by atoms with E-state index in [1.165, 1.54) is 0 Å². The van der Waals surface area contributed by atoms with Crippen LogP contribution in [0, 0.1) is 0 Å². The fraction of sp³-hybridized carbons (Fsp3) is 0.0417. The normalized spacial score (nSPS) is 12.5. The highest BCUT2D eigenvalue weighted by molar-refractivity contribution is 7.85. The van der Waals surface area contributed by atoms with E-state index in [0.717, 1.165) is 0 Å². The molecule has 3 nitrogen and oxygen atoms in total. The molecule has 0 radical (unpaired) electrons. The Kier molecular flexibility index (Phi) is 5.15. The van der Waals surface area contributed by atoms with Crippen molar-refractivity contribution in [2.24, 2.45) is 0 Å². The van der Waals surface area contributed by atoms with E-state index in [-0.39, 0.29) is 0 Å². The summed E-state index contributed by atoms with van der Waals surface area (Å²) in [7, 11) is -1.52. The van der Waals surface area contributed by atoms with Crippen molar-refractivity contribution in [3.8, 4) is 0 Å². The van der Waals surface area contributed by atoms with E-state index in [2.05, 4.69) is 4.98 Å². The summed E-state index contributed by atoms with van der Waals surface area (Å²) in [6, 6.07) is 31.6. The Bertz CT molecular complexity index is 1040. The van der Waals surface area contributed by atoms with Crippen molar-refractivity contribution in [1.29, 1.82) is 0 Å². The topological polar surface area (TPSA) is 50.2 Å². The number of aromatic nitrogens is 1. The molecule has 4 aromatic rings. The van der Waals surface area contributed by atoms with Crippen LogP contribution in [0.2, 0.25) is 0 Å². The average Bonchev–Trinajstić information content (AvgIpc) is 2.80. The third-order valence-electron chi connectivity index (χ3n) is 4.68. The lowest BCUT2D eigenvalue weighted by Crippen LogP contribution is -2.30. The Morgan fingerprint density at radius 2 is 1.18 bits per heavy atom. The molecule has 0 bridgehead atoms. The first-order valence-corrected chi connectivity index (χ1v) is 10.1. The van der Waals surface area contributed by atoms with Crippen molar-refractivity contribution >= 4 is 10.8 Å². The highest BCUT2D eigenvalue weighted by Crippen LogP contribution is 2.39. The van der Waals surface area contributed by atoms with Crippen LogP contribution in [0.15, 0.2) is 119 Å². The summed E-state index contributed by atoms with van der Waals surface area (Å²) in [5.41, 5.74) is 0.423. The number of benzene rings is 3. The van der Waals surface area contributed by atoms with Gasteiger partial charge < -0.3 is 5.11 Å². The minimum atomic E-state index is -1.52. The quantitative estimate of drug-likeness (QED) is 0.549. The molecule has 28 heavy (non-hydrogen) atoms. The van der Waals surface area contributed by atoms with E-state index in [4.69, 9.17) is 0 Å². The summed E-state index contributed by atoms with van der Waals surface area (Å²) < 4.78 is 13.3. The predicted molar refractivity (Wildman–Crippen MR) is 110 cm³/mol. The first-order chi connectivity index (χ1) is 13.7. The van der Waals surface area contributed by atoms with E-state index in [9.17, 15) is 9.32 Å². The zero-order valence-corrected chi connectivity index (χ0v) is 15.9. The van der Waals surface area contributed by atoms with Crippen molar-refractivity contribution in [3.63, 3.8) is 0 Å². The predicted octanol–water partition coefficient (Wildman–Crippen LogP) is 4.53. The van der Waals surface area contributed by atoms with E-state index in [0.29, 0.717) is 26.6 Å². The van der Waals surface area contributed by atoms with E-state index < -0.39 is 16.4 Å². The molecule has 138 valence electrons. The molecule has 1 atom stereocenters. The maximum atomic E-state index is 13.3. The lowest BCUT2D eigenvalue weighted by molar-refractivity contribution is 0.122. The molecule has 0 spiro atoms. The van der Waals surface area contributed by atoms with Gasteiger partial charge in [-0.15, -0.1) is 0 Å². The summed E-state index contributed by atoms with van der Waals surface area (Å²) in [6.07, 6.45) is 1.61. The molecule has 1 heterocycles. The molecule has 0 amide bonds. The molecule has 0 aliphatic heterocycles. The molecule has 1 aromatic heterocycles. The minimum absolute atomic E-state index is 0.351. The van der Waals surface area contributed by atoms with E-state index >= 15 is 0 Å². The first kappa shape index (κ1) is 18.3. The number of hydrogen-bond acceptors (Lipinski definition) is 3. The van der Waals surface area contributed by atoms with Crippen LogP contribution in [0.3, 0.4) is 0 Å². The number of rotatable bonds is 5. The van der Waals surface area contributed by atoms with Crippen molar-refractivity contribution in [2.45, 2.75) is 15.5 Å². The maximum Gasteiger partial charge on any atom is 0.143 e. The molecule has 0 aliphatic carbocycles. The summed E-state index contributed by atoms with van der Waals surface area (Å²) in [5, 5.41) is 12.4.